The number of amides is 1. The number of carbonyl (C=O) groups is 1. The van der Waals surface area contributed by atoms with Gasteiger partial charge < -0.3 is 5.32 Å². The summed E-state index contributed by atoms with van der Waals surface area (Å²) >= 11 is 0. The van der Waals surface area contributed by atoms with Crippen LogP contribution in [0.3, 0.4) is 0 Å². The monoisotopic (exact) mass is 398 g/mol. The molecule has 2 aromatic carbocycles. The third-order valence-corrected chi connectivity index (χ3v) is 5.48. The first-order chi connectivity index (χ1) is 13.3. The first kappa shape index (κ1) is 20.1. The molecule has 6 heteroatoms. The van der Waals surface area contributed by atoms with Gasteiger partial charge in [0.05, 0.1) is 12.3 Å². The molecule has 1 unspecified atom stereocenters. The van der Waals surface area contributed by atoms with Crippen LogP contribution in [0.25, 0.3) is 6.08 Å². The molecule has 0 spiro atoms. The fourth-order valence-corrected chi connectivity index (χ4v) is 3.98. The van der Waals surface area contributed by atoms with E-state index in [-0.39, 0.29) is 11.9 Å². The minimum atomic E-state index is -3.29. The molecule has 0 aliphatic heterocycles. The lowest BCUT2D eigenvalue weighted by molar-refractivity contribution is -0.117. The summed E-state index contributed by atoms with van der Waals surface area (Å²) in [5.74, 6) is -0.163. The highest BCUT2D eigenvalue weighted by Crippen LogP contribution is 2.24. The Bertz CT molecular complexity index is 979. The zero-order chi connectivity index (χ0) is 20.1. The van der Waals surface area contributed by atoms with Crippen molar-refractivity contribution in [2.24, 2.45) is 0 Å². The molecule has 1 amide bonds. The number of fused-ring (bicyclic) bond motifs is 1. The van der Waals surface area contributed by atoms with E-state index in [9.17, 15) is 13.2 Å². The lowest BCUT2D eigenvalue weighted by atomic mass is 9.89. The maximum atomic E-state index is 12.3. The van der Waals surface area contributed by atoms with Crippen molar-refractivity contribution in [2.75, 3.05) is 11.0 Å². The largest absolute Gasteiger partial charge is 0.346 e. The second-order valence-electron chi connectivity index (χ2n) is 7.30. The lowest BCUT2D eigenvalue weighted by Gasteiger charge is -2.19. The molecule has 0 saturated heterocycles. The van der Waals surface area contributed by atoms with Crippen LogP contribution in [0.5, 0.6) is 0 Å². The second-order valence-corrected chi connectivity index (χ2v) is 9.04. The zero-order valence-electron chi connectivity index (χ0n) is 16.2. The Morgan fingerprint density at radius 3 is 2.39 bits per heavy atom. The molecule has 0 saturated carbocycles. The van der Waals surface area contributed by atoms with Gasteiger partial charge in [0, 0.05) is 11.8 Å². The van der Waals surface area contributed by atoms with E-state index < -0.39 is 10.0 Å². The van der Waals surface area contributed by atoms with Crippen molar-refractivity contribution in [3.8, 4) is 0 Å². The molecule has 2 aromatic rings. The van der Waals surface area contributed by atoms with Gasteiger partial charge in [-0.05, 0) is 73.1 Å². The highest BCUT2D eigenvalue weighted by atomic mass is 32.2. The Morgan fingerprint density at radius 2 is 1.71 bits per heavy atom. The van der Waals surface area contributed by atoms with Gasteiger partial charge >= 0.3 is 0 Å². The summed E-state index contributed by atoms with van der Waals surface area (Å²) in [7, 11) is -3.29. The van der Waals surface area contributed by atoms with Crippen LogP contribution in [0, 0.1) is 0 Å². The van der Waals surface area contributed by atoms with Crippen LogP contribution in [-0.2, 0) is 27.7 Å². The van der Waals surface area contributed by atoms with Crippen LogP contribution >= 0.6 is 0 Å². The average molecular weight is 399 g/mol. The van der Waals surface area contributed by atoms with Crippen LogP contribution in [0.2, 0.25) is 0 Å². The molecular weight excluding hydrogens is 372 g/mol. The van der Waals surface area contributed by atoms with E-state index >= 15 is 0 Å². The molecular formula is C22H26N2O3S. The summed E-state index contributed by atoms with van der Waals surface area (Å²) in [6.45, 7) is 1.99. The lowest BCUT2D eigenvalue weighted by Crippen LogP contribution is -2.24. The topological polar surface area (TPSA) is 75.3 Å². The molecule has 0 fully saturated rings. The SMILES string of the molecule is CC(NC(=O)/C=C/c1ccc(NS(C)(=O)=O)cc1)c1ccc2c(c1)CCCC2. The first-order valence-corrected chi connectivity index (χ1v) is 11.4. The first-order valence-electron chi connectivity index (χ1n) is 9.48. The van der Waals surface area contributed by atoms with Crippen molar-refractivity contribution in [3.05, 3.63) is 70.8 Å². The smallest absolute Gasteiger partial charge is 0.244 e. The molecule has 1 aliphatic rings. The maximum absolute atomic E-state index is 12.3. The fraction of sp³-hybridized carbons (Fsp3) is 0.318. The third-order valence-electron chi connectivity index (χ3n) is 4.87. The number of sulfonamides is 1. The Labute approximate surface area is 166 Å². The highest BCUT2D eigenvalue weighted by molar-refractivity contribution is 7.92. The minimum absolute atomic E-state index is 0.0642. The summed E-state index contributed by atoms with van der Waals surface area (Å²) in [6, 6.07) is 13.3. The molecule has 1 aliphatic carbocycles. The molecule has 0 bridgehead atoms. The maximum Gasteiger partial charge on any atom is 0.244 e. The minimum Gasteiger partial charge on any atom is -0.346 e. The Hall–Kier alpha value is -2.60. The Kier molecular flexibility index (Phi) is 6.19. The Balaban J connectivity index is 1.58. The number of carbonyl (C=O) groups excluding carboxylic acids is 1. The van der Waals surface area contributed by atoms with Gasteiger partial charge in [-0.1, -0.05) is 30.3 Å². The van der Waals surface area contributed by atoms with E-state index in [2.05, 4.69) is 28.2 Å². The van der Waals surface area contributed by atoms with Crippen LogP contribution in [0.15, 0.2) is 48.5 Å². The van der Waals surface area contributed by atoms with E-state index in [1.807, 2.05) is 6.92 Å². The predicted octanol–water partition coefficient (Wildman–Crippen LogP) is 3.83. The van der Waals surface area contributed by atoms with E-state index in [0.29, 0.717) is 5.69 Å². The van der Waals surface area contributed by atoms with Gasteiger partial charge in [-0.15, -0.1) is 0 Å². The van der Waals surface area contributed by atoms with Gasteiger partial charge in [0.25, 0.3) is 0 Å². The highest BCUT2D eigenvalue weighted by Gasteiger charge is 2.13. The molecule has 0 aromatic heterocycles. The number of nitrogens with one attached hydrogen (secondary N) is 2. The van der Waals surface area contributed by atoms with Crippen molar-refractivity contribution in [1.29, 1.82) is 0 Å². The molecule has 3 rings (SSSR count). The number of anilines is 1. The van der Waals surface area contributed by atoms with Crippen molar-refractivity contribution >= 4 is 27.7 Å². The Morgan fingerprint density at radius 1 is 1.04 bits per heavy atom. The third kappa shape index (κ3) is 5.70. The van der Waals surface area contributed by atoms with E-state index in [0.717, 1.165) is 30.2 Å². The van der Waals surface area contributed by atoms with Crippen LogP contribution in [-0.4, -0.2) is 20.6 Å². The molecule has 0 heterocycles. The van der Waals surface area contributed by atoms with Crippen molar-refractivity contribution < 1.29 is 13.2 Å². The summed E-state index contributed by atoms with van der Waals surface area (Å²) in [4.78, 5) is 12.3. The fourth-order valence-electron chi connectivity index (χ4n) is 3.42. The zero-order valence-corrected chi connectivity index (χ0v) is 17.1. The quantitative estimate of drug-likeness (QED) is 0.726. The number of hydrogen-bond donors (Lipinski definition) is 2. The standard InChI is InChI=1S/C22H26N2O3S/c1-16(19-11-10-18-5-3-4-6-20(18)15-19)23-22(25)14-9-17-7-12-21(13-8-17)24-28(2,26)27/h7-16,24H,3-6H2,1-2H3,(H,23,25)/b14-9+. The van der Waals surface area contributed by atoms with Gasteiger partial charge in [0.1, 0.15) is 0 Å². The molecule has 148 valence electrons. The average Bonchev–Trinajstić information content (AvgIpc) is 2.66. The van der Waals surface area contributed by atoms with Crippen molar-refractivity contribution in [1.82, 2.24) is 5.32 Å². The van der Waals surface area contributed by atoms with E-state index in [1.54, 1.807) is 30.3 Å². The molecule has 0 radical (unpaired) electrons. The normalized spacial score (nSPS) is 15.1. The summed E-state index contributed by atoms with van der Waals surface area (Å²) in [6.07, 6.45) is 9.07. The van der Waals surface area contributed by atoms with Gasteiger partial charge in [-0.25, -0.2) is 8.42 Å². The number of hydrogen-bond acceptors (Lipinski definition) is 3. The van der Waals surface area contributed by atoms with E-state index in [4.69, 9.17) is 0 Å². The number of rotatable bonds is 6. The van der Waals surface area contributed by atoms with Crippen molar-refractivity contribution in [2.45, 2.75) is 38.6 Å². The van der Waals surface area contributed by atoms with Gasteiger partial charge in [0.15, 0.2) is 0 Å². The van der Waals surface area contributed by atoms with Crippen LogP contribution < -0.4 is 10.0 Å². The predicted molar refractivity (Wildman–Crippen MR) is 114 cm³/mol. The summed E-state index contributed by atoms with van der Waals surface area (Å²) in [5, 5.41) is 3.00. The second kappa shape index (κ2) is 8.61. The van der Waals surface area contributed by atoms with E-state index in [1.165, 1.54) is 30.0 Å². The van der Waals surface area contributed by atoms with Crippen molar-refractivity contribution in [3.63, 3.8) is 0 Å². The number of benzene rings is 2. The summed E-state index contributed by atoms with van der Waals surface area (Å²) < 4.78 is 24.9. The van der Waals surface area contributed by atoms with Gasteiger partial charge in [0.2, 0.25) is 15.9 Å². The van der Waals surface area contributed by atoms with Crippen LogP contribution in [0.1, 0.15) is 48.1 Å². The molecule has 5 nitrogen and oxygen atoms in total. The molecule has 1 atom stereocenters. The number of aryl methyl sites for hydroxylation is 2. The van der Waals surface area contributed by atoms with Gasteiger partial charge in [-0.2, -0.15) is 0 Å². The summed E-state index contributed by atoms with van der Waals surface area (Å²) in [5.41, 5.74) is 5.27. The van der Waals surface area contributed by atoms with Gasteiger partial charge in [-0.3, -0.25) is 9.52 Å². The molecule has 28 heavy (non-hydrogen) atoms. The van der Waals surface area contributed by atoms with Crippen LogP contribution in [0.4, 0.5) is 5.69 Å². The molecule has 2 N–H and O–H groups in total.